The fourth-order valence-corrected chi connectivity index (χ4v) is 5.92. The zero-order valence-electron chi connectivity index (χ0n) is 13.4. The molecule has 0 saturated carbocycles. The van der Waals surface area contributed by atoms with Crippen molar-refractivity contribution < 1.29 is 21.6 Å². The Labute approximate surface area is 150 Å². The summed E-state index contributed by atoms with van der Waals surface area (Å²) in [6.07, 6.45) is 0.161. The van der Waals surface area contributed by atoms with Gasteiger partial charge in [-0.15, -0.1) is 11.3 Å². The van der Waals surface area contributed by atoms with E-state index in [1.165, 1.54) is 19.1 Å². The van der Waals surface area contributed by atoms with E-state index in [0.29, 0.717) is 11.3 Å². The van der Waals surface area contributed by atoms with Gasteiger partial charge in [-0.1, -0.05) is 30.3 Å². The molecule has 0 bridgehead atoms. The van der Waals surface area contributed by atoms with Crippen molar-refractivity contribution in [1.29, 1.82) is 0 Å². The first-order valence-electron chi connectivity index (χ1n) is 7.27. The van der Waals surface area contributed by atoms with Gasteiger partial charge in [0.25, 0.3) is 0 Å². The Morgan fingerprint density at radius 1 is 1.08 bits per heavy atom. The molecule has 1 heterocycles. The largest absolute Gasteiger partial charge is 0.350 e. The Balaban J connectivity index is 2.18. The smallest absolute Gasteiger partial charge is 0.247 e. The summed E-state index contributed by atoms with van der Waals surface area (Å²) in [5, 5.41) is 7.74. The highest BCUT2D eigenvalue weighted by Crippen LogP contribution is 2.27. The monoisotopic (exact) mass is 402 g/mol. The van der Waals surface area contributed by atoms with Crippen LogP contribution in [0.4, 0.5) is 0 Å². The molecule has 0 spiro atoms. The van der Waals surface area contributed by atoms with E-state index in [1.807, 2.05) is 6.07 Å². The summed E-state index contributed by atoms with van der Waals surface area (Å²) >= 11 is 0.620. The van der Waals surface area contributed by atoms with Gasteiger partial charge in [-0.2, -0.15) is 0 Å². The lowest BCUT2D eigenvalue weighted by atomic mass is 10.0. The third-order valence-electron chi connectivity index (χ3n) is 3.40. The van der Waals surface area contributed by atoms with Crippen LogP contribution in [0.15, 0.2) is 50.9 Å². The average molecular weight is 403 g/mol. The van der Waals surface area contributed by atoms with Gasteiger partial charge in [-0.05, 0) is 24.1 Å². The van der Waals surface area contributed by atoms with E-state index in [2.05, 4.69) is 5.32 Å². The molecule has 0 fully saturated rings. The van der Waals surface area contributed by atoms with Crippen LogP contribution >= 0.6 is 11.3 Å². The van der Waals surface area contributed by atoms with Crippen molar-refractivity contribution >= 4 is 37.1 Å². The predicted molar refractivity (Wildman–Crippen MR) is 95.4 cm³/mol. The lowest BCUT2D eigenvalue weighted by molar-refractivity contribution is -0.119. The molecule has 10 heteroatoms. The fraction of sp³-hybridized carbons (Fsp3) is 0.267. The highest BCUT2D eigenvalue weighted by molar-refractivity contribution is 7.95. The number of hydrogen-bond acceptors (Lipinski definition) is 6. The molecule has 0 radical (unpaired) electrons. The number of nitrogens with one attached hydrogen (secondary N) is 1. The van der Waals surface area contributed by atoms with Gasteiger partial charge in [0.2, 0.25) is 15.9 Å². The van der Waals surface area contributed by atoms with Crippen LogP contribution in [0.5, 0.6) is 0 Å². The minimum Gasteiger partial charge on any atom is -0.350 e. The first kappa shape index (κ1) is 19.6. The molecule has 1 unspecified atom stereocenters. The maximum absolute atomic E-state index is 12.5. The minimum absolute atomic E-state index is 0.0637. The molecule has 1 aromatic carbocycles. The van der Waals surface area contributed by atoms with Gasteiger partial charge in [0.05, 0.1) is 11.8 Å². The quantitative estimate of drug-likeness (QED) is 0.725. The first-order valence-corrected chi connectivity index (χ1v) is 11.3. The van der Waals surface area contributed by atoms with Crippen LogP contribution in [0.3, 0.4) is 0 Å². The normalized spacial score (nSPS) is 13.4. The van der Waals surface area contributed by atoms with Crippen LogP contribution in [0.2, 0.25) is 0 Å². The highest BCUT2D eigenvalue weighted by atomic mass is 32.3. The molecule has 2 aromatic rings. The highest BCUT2D eigenvalue weighted by Gasteiger charge is 2.23. The Hall–Kier alpha value is -1.75. The lowest BCUT2D eigenvalue weighted by Gasteiger charge is -2.18. The third-order valence-corrected chi connectivity index (χ3v) is 8.25. The van der Waals surface area contributed by atoms with Crippen molar-refractivity contribution in [3.63, 3.8) is 0 Å². The summed E-state index contributed by atoms with van der Waals surface area (Å²) in [4.78, 5) is 11.4. The number of thiophene rings is 1. The van der Waals surface area contributed by atoms with E-state index in [4.69, 9.17) is 5.14 Å². The summed E-state index contributed by atoms with van der Waals surface area (Å²) < 4.78 is 47.2. The van der Waals surface area contributed by atoms with E-state index in [-0.39, 0.29) is 26.5 Å². The Bertz CT molecular complexity index is 950. The van der Waals surface area contributed by atoms with Crippen LogP contribution in [0.1, 0.15) is 24.9 Å². The molecule has 1 amide bonds. The number of carbonyl (C=O) groups is 1. The summed E-state index contributed by atoms with van der Waals surface area (Å²) in [5.41, 5.74) is 0.796. The van der Waals surface area contributed by atoms with Crippen molar-refractivity contribution in [2.45, 2.75) is 27.8 Å². The zero-order chi connectivity index (χ0) is 18.7. The van der Waals surface area contributed by atoms with Crippen molar-refractivity contribution in [2.75, 3.05) is 5.75 Å². The molecule has 136 valence electrons. The molecule has 0 aliphatic carbocycles. The molecule has 2 rings (SSSR count). The van der Waals surface area contributed by atoms with Crippen molar-refractivity contribution in [2.24, 2.45) is 5.14 Å². The lowest BCUT2D eigenvalue weighted by Crippen LogP contribution is -2.27. The van der Waals surface area contributed by atoms with Crippen LogP contribution < -0.4 is 10.5 Å². The maximum atomic E-state index is 12.5. The summed E-state index contributed by atoms with van der Waals surface area (Å²) in [6.45, 7) is 1.36. The van der Waals surface area contributed by atoms with Gasteiger partial charge in [-0.25, -0.2) is 22.0 Å². The van der Waals surface area contributed by atoms with Gasteiger partial charge in [0, 0.05) is 6.92 Å². The number of primary sulfonamides is 1. The number of nitrogens with two attached hydrogens (primary N) is 1. The molecule has 0 aliphatic heterocycles. The topological polar surface area (TPSA) is 123 Å². The standard InChI is InChI=1S/C15H18N2O5S3/c1-11(18)17-13(12-5-3-2-4-6-12)9-10-24(19,20)14-7-8-15(23-14)25(16,21)22/h2-8,13H,9-10H2,1H3,(H,17,18)(H2,16,21,22). The number of amides is 1. The van der Waals surface area contributed by atoms with Crippen LogP contribution in [-0.2, 0) is 24.7 Å². The number of carbonyl (C=O) groups excluding carboxylic acids is 1. The molecule has 0 saturated heterocycles. The molecule has 1 atom stereocenters. The molecular weight excluding hydrogens is 384 g/mol. The fourth-order valence-electron chi connectivity index (χ4n) is 2.25. The van der Waals surface area contributed by atoms with E-state index in [1.54, 1.807) is 24.3 Å². The predicted octanol–water partition coefficient (Wildman–Crippen LogP) is 1.44. The number of sulfone groups is 1. The zero-order valence-corrected chi connectivity index (χ0v) is 15.8. The number of sulfonamides is 1. The minimum atomic E-state index is -3.94. The van der Waals surface area contributed by atoms with Crippen molar-refractivity contribution in [1.82, 2.24) is 5.32 Å². The molecular formula is C15H18N2O5S3. The SMILES string of the molecule is CC(=O)NC(CCS(=O)(=O)c1ccc(S(N)(=O)=O)s1)c1ccccc1. The van der Waals surface area contributed by atoms with Crippen LogP contribution in [-0.4, -0.2) is 28.5 Å². The molecule has 7 nitrogen and oxygen atoms in total. The van der Waals surface area contributed by atoms with Gasteiger partial charge in [0.15, 0.2) is 9.84 Å². The van der Waals surface area contributed by atoms with Crippen molar-refractivity contribution in [3.8, 4) is 0 Å². The molecule has 25 heavy (non-hydrogen) atoms. The average Bonchev–Trinajstić information content (AvgIpc) is 3.03. The van der Waals surface area contributed by atoms with Crippen molar-refractivity contribution in [3.05, 3.63) is 48.0 Å². The molecule has 3 N–H and O–H groups in total. The van der Waals surface area contributed by atoms with Crippen LogP contribution in [0.25, 0.3) is 0 Å². The summed E-state index contributed by atoms with van der Waals surface area (Å²) in [7, 11) is -7.63. The van der Waals surface area contributed by atoms with E-state index < -0.39 is 25.9 Å². The number of hydrogen-bond donors (Lipinski definition) is 2. The molecule has 1 aromatic heterocycles. The Morgan fingerprint density at radius 3 is 2.20 bits per heavy atom. The van der Waals surface area contributed by atoms with Gasteiger partial charge in [0.1, 0.15) is 8.42 Å². The van der Waals surface area contributed by atoms with E-state index >= 15 is 0 Å². The number of rotatable bonds is 7. The van der Waals surface area contributed by atoms with E-state index in [9.17, 15) is 21.6 Å². The first-order chi connectivity index (χ1) is 11.6. The maximum Gasteiger partial charge on any atom is 0.247 e. The van der Waals surface area contributed by atoms with Gasteiger partial charge < -0.3 is 5.32 Å². The summed E-state index contributed by atoms with van der Waals surface area (Å²) in [6, 6.07) is 11.0. The van der Waals surface area contributed by atoms with Gasteiger partial charge in [-0.3, -0.25) is 4.79 Å². The summed E-state index contributed by atoms with van der Waals surface area (Å²) in [5.74, 6) is -0.504. The Morgan fingerprint density at radius 2 is 1.68 bits per heavy atom. The third kappa shape index (κ3) is 5.36. The molecule has 0 aliphatic rings. The van der Waals surface area contributed by atoms with E-state index in [0.717, 1.165) is 5.56 Å². The number of benzene rings is 1. The van der Waals surface area contributed by atoms with Crippen LogP contribution in [0, 0.1) is 0 Å². The second-order valence-electron chi connectivity index (χ2n) is 5.39. The second-order valence-corrected chi connectivity index (χ2v) is 10.6. The second kappa shape index (κ2) is 7.65. The Kier molecular flexibility index (Phi) is 5.99. The van der Waals surface area contributed by atoms with Gasteiger partial charge >= 0.3 is 0 Å².